The minimum atomic E-state index is -0.462. The molecule has 1 aromatic rings. The molecule has 0 fully saturated rings. The Bertz CT molecular complexity index is 569. The molecule has 2 rings (SSSR count). The Morgan fingerprint density at radius 3 is 2.85 bits per heavy atom. The molecule has 0 atom stereocenters. The number of rotatable bonds is 3. The van der Waals surface area contributed by atoms with Crippen molar-refractivity contribution in [2.45, 2.75) is 19.4 Å². The lowest BCUT2D eigenvalue weighted by Gasteiger charge is -2.20. The van der Waals surface area contributed by atoms with Crippen molar-refractivity contribution in [3.63, 3.8) is 0 Å². The highest BCUT2D eigenvalue weighted by molar-refractivity contribution is 6.39. The van der Waals surface area contributed by atoms with Gasteiger partial charge >= 0.3 is 0 Å². The lowest BCUT2D eigenvalue weighted by molar-refractivity contribution is -0.124. The molecule has 0 aromatic heterocycles. The third kappa shape index (κ3) is 3.14. The van der Waals surface area contributed by atoms with Gasteiger partial charge in [0.25, 0.3) is 5.91 Å². The van der Waals surface area contributed by atoms with Gasteiger partial charge in [0.1, 0.15) is 11.5 Å². The summed E-state index contributed by atoms with van der Waals surface area (Å²) in [5.74, 6) is -1.04. The van der Waals surface area contributed by atoms with Gasteiger partial charge < -0.3 is 4.90 Å². The second kappa shape index (κ2) is 6.00. The summed E-state index contributed by atoms with van der Waals surface area (Å²) >= 11 is 5.92. The quantitative estimate of drug-likeness (QED) is 0.923. The van der Waals surface area contributed by atoms with Gasteiger partial charge in [-0.3, -0.25) is 9.59 Å². The van der Waals surface area contributed by atoms with E-state index in [1.807, 2.05) is 0 Å². The van der Waals surface area contributed by atoms with Crippen molar-refractivity contribution in [1.29, 1.82) is 0 Å². The van der Waals surface area contributed by atoms with Gasteiger partial charge in [0.2, 0.25) is 5.91 Å². The highest BCUT2D eigenvalue weighted by atomic mass is 35.5. The topological polar surface area (TPSA) is 61.8 Å². The zero-order valence-corrected chi connectivity index (χ0v) is 11.6. The summed E-state index contributed by atoms with van der Waals surface area (Å²) in [7, 11) is 1.53. The molecule has 0 aliphatic carbocycles. The average Bonchev–Trinajstić information content (AvgIpc) is 2.43. The van der Waals surface area contributed by atoms with E-state index in [9.17, 15) is 14.0 Å². The lowest BCUT2D eigenvalue weighted by atomic mass is 10.1. The van der Waals surface area contributed by atoms with Crippen LogP contribution in [0.3, 0.4) is 0 Å². The number of carbonyl (C=O) groups excluding carboxylic acids is 2. The molecule has 0 saturated heterocycles. The molecule has 0 radical (unpaired) electrons. The van der Waals surface area contributed by atoms with E-state index in [1.54, 1.807) is 6.07 Å². The van der Waals surface area contributed by atoms with Crippen LogP contribution in [0, 0.1) is 5.82 Å². The SMILES string of the molecule is CN(Cc1c(F)cccc1Cl)C(=O)C1=NNC(=O)CC1. The predicted molar refractivity (Wildman–Crippen MR) is 72.7 cm³/mol. The molecule has 106 valence electrons. The number of nitrogens with one attached hydrogen (secondary N) is 1. The van der Waals surface area contributed by atoms with Gasteiger partial charge in [-0.05, 0) is 12.1 Å². The molecule has 7 heteroatoms. The van der Waals surface area contributed by atoms with Gasteiger partial charge in [-0.15, -0.1) is 0 Å². The first kappa shape index (κ1) is 14.5. The van der Waals surface area contributed by atoms with E-state index < -0.39 is 5.82 Å². The van der Waals surface area contributed by atoms with Crippen molar-refractivity contribution in [3.8, 4) is 0 Å². The second-order valence-corrected chi connectivity index (χ2v) is 4.86. The first-order chi connectivity index (χ1) is 9.49. The number of halogens is 2. The van der Waals surface area contributed by atoms with Gasteiger partial charge in [0.15, 0.2) is 0 Å². The van der Waals surface area contributed by atoms with Crippen molar-refractivity contribution in [2.75, 3.05) is 7.05 Å². The summed E-state index contributed by atoms with van der Waals surface area (Å²) in [6.07, 6.45) is 0.499. The van der Waals surface area contributed by atoms with Crippen LogP contribution in [-0.2, 0) is 16.1 Å². The van der Waals surface area contributed by atoms with Gasteiger partial charge in [0.05, 0.1) is 6.54 Å². The van der Waals surface area contributed by atoms with Crippen LogP contribution in [0.15, 0.2) is 23.3 Å². The molecular formula is C13H13ClFN3O2. The largest absolute Gasteiger partial charge is 0.336 e. The van der Waals surface area contributed by atoms with Gasteiger partial charge in [-0.25, -0.2) is 9.82 Å². The van der Waals surface area contributed by atoms with Crippen LogP contribution in [-0.4, -0.2) is 29.5 Å². The summed E-state index contributed by atoms with van der Waals surface area (Å²) in [6, 6.07) is 4.36. The molecule has 0 bridgehead atoms. The standard InChI is InChI=1S/C13H13ClFN3O2/c1-18(7-8-9(14)3-2-4-10(8)15)13(20)11-5-6-12(19)17-16-11/h2-4H,5-7H2,1H3,(H,17,19). The molecule has 0 saturated carbocycles. The van der Waals surface area contributed by atoms with E-state index >= 15 is 0 Å². The summed E-state index contributed by atoms with van der Waals surface area (Å²) in [5.41, 5.74) is 2.76. The van der Waals surface area contributed by atoms with Crippen LogP contribution < -0.4 is 5.43 Å². The number of benzene rings is 1. The number of hydrogen-bond acceptors (Lipinski definition) is 3. The molecule has 1 N–H and O–H groups in total. The predicted octanol–water partition coefficient (Wildman–Crippen LogP) is 1.70. The minimum absolute atomic E-state index is 0.0390. The molecule has 1 heterocycles. The molecular weight excluding hydrogens is 285 g/mol. The Balaban J connectivity index is 2.10. The molecule has 20 heavy (non-hydrogen) atoms. The summed E-state index contributed by atoms with van der Waals surface area (Å²) in [6.45, 7) is 0.0390. The van der Waals surface area contributed by atoms with E-state index in [4.69, 9.17) is 11.6 Å². The maximum atomic E-state index is 13.7. The Morgan fingerprint density at radius 1 is 1.50 bits per heavy atom. The third-order valence-electron chi connectivity index (χ3n) is 2.95. The fourth-order valence-electron chi connectivity index (χ4n) is 1.84. The Hall–Kier alpha value is -1.95. The van der Waals surface area contributed by atoms with Crippen molar-refractivity contribution >= 4 is 29.1 Å². The van der Waals surface area contributed by atoms with Crippen molar-refractivity contribution in [1.82, 2.24) is 10.3 Å². The average molecular weight is 298 g/mol. The highest BCUT2D eigenvalue weighted by Gasteiger charge is 2.22. The number of nitrogens with zero attached hydrogens (tertiary/aromatic N) is 2. The Labute approximate surface area is 120 Å². The molecule has 0 spiro atoms. The maximum absolute atomic E-state index is 13.7. The zero-order chi connectivity index (χ0) is 14.7. The molecule has 1 aromatic carbocycles. The minimum Gasteiger partial charge on any atom is -0.336 e. The monoisotopic (exact) mass is 297 g/mol. The number of hydrazone groups is 1. The first-order valence-corrected chi connectivity index (χ1v) is 6.40. The maximum Gasteiger partial charge on any atom is 0.270 e. The number of carbonyl (C=O) groups is 2. The fourth-order valence-corrected chi connectivity index (χ4v) is 2.06. The van der Waals surface area contributed by atoms with E-state index in [1.165, 1.54) is 24.1 Å². The smallest absolute Gasteiger partial charge is 0.270 e. The van der Waals surface area contributed by atoms with E-state index in [-0.39, 0.29) is 47.5 Å². The molecule has 0 unspecified atom stereocenters. The first-order valence-electron chi connectivity index (χ1n) is 6.03. The normalized spacial score (nSPS) is 14.6. The van der Waals surface area contributed by atoms with Crippen LogP contribution in [0.2, 0.25) is 5.02 Å². The summed E-state index contributed by atoms with van der Waals surface area (Å²) in [4.78, 5) is 24.4. The van der Waals surface area contributed by atoms with E-state index in [0.29, 0.717) is 0 Å². The van der Waals surface area contributed by atoms with Crippen molar-refractivity contribution in [3.05, 3.63) is 34.6 Å². The van der Waals surface area contributed by atoms with Crippen molar-refractivity contribution in [2.24, 2.45) is 5.10 Å². The summed E-state index contributed by atoms with van der Waals surface area (Å²) < 4.78 is 13.7. The molecule has 1 aliphatic heterocycles. The van der Waals surface area contributed by atoms with Crippen LogP contribution in [0.4, 0.5) is 4.39 Å². The van der Waals surface area contributed by atoms with Crippen LogP contribution in [0.25, 0.3) is 0 Å². The summed E-state index contributed by atoms with van der Waals surface area (Å²) in [5, 5.41) is 3.98. The van der Waals surface area contributed by atoms with E-state index in [0.717, 1.165) is 0 Å². The fraction of sp³-hybridized carbons (Fsp3) is 0.308. The molecule has 1 aliphatic rings. The second-order valence-electron chi connectivity index (χ2n) is 4.45. The lowest BCUT2D eigenvalue weighted by Crippen LogP contribution is -2.37. The van der Waals surface area contributed by atoms with Gasteiger partial charge in [0, 0.05) is 30.5 Å². The van der Waals surface area contributed by atoms with Gasteiger partial charge in [-0.2, -0.15) is 5.10 Å². The Morgan fingerprint density at radius 2 is 2.25 bits per heavy atom. The van der Waals surface area contributed by atoms with Crippen molar-refractivity contribution < 1.29 is 14.0 Å². The van der Waals surface area contributed by atoms with Crippen LogP contribution in [0.5, 0.6) is 0 Å². The van der Waals surface area contributed by atoms with Crippen LogP contribution in [0.1, 0.15) is 18.4 Å². The molecule has 2 amide bonds. The van der Waals surface area contributed by atoms with Crippen LogP contribution >= 0.6 is 11.6 Å². The van der Waals surface area contributed by atoms with Gasteiger partial charge in [-0.1, -0.05) is 17.7 Å². The number of amides is 2. The molecule has 5 nitrogen and oxygen atoms in total. The van der Waals surface area contributed by atoms with E-state index in [2.05, 4.69) is 10.5 Å². The Kier molecular flexibility index (Phi) is 4.34. The number of hydrogen-bond donors (Lipinski definition) is 1. The highest BCUT2D eigenvalue weighted by Crippen LogP contribution is 2.20. The zero-order valence-electron chi connectivity index (χ0n) is 10.8. The third-order valence-corrected chi connectivity index (χ3v) is 3.31.